The molecule has 1 aliphatic heterocycles. The van der Waals surface area contributed by atoms with Gasteiger partial charge in [-0.25, -0.2) is 4.79 Å². The average Bonchev–Trinajstić information content (AvgIpc) is 3.46. The molecular weight excluding hydrogens is 392 g/mol. The van der Waals surface area contributed by atoms with Crippen LogP contribution in [-0.4, -0.2) is 35.9 Å². The zero-order chi connectivity index (χ0) is 21.6. The number of carbonyl (C=O) groups is 3. The zero-order valence-electron chi connectivity index (χ0n) is 18.0. The third-order valence-electron chi connectivity index (χ3n) is 6.85. The lowest BCUT2D eigenvalue weighted by molar-refractivity contribution is -0.140. The molecule has 2 bridgehead atoms. The topological polar surface area (TPSA) is 75.7 Å². The second-order valence-electron chi connectivity index (χ2n) is 8.94. The van der Waals surface area contributed by atoms with Crippen LogP contribution in [0.2, 0.25) is 0 Å². The van der Waals surface area contributed by atoms with Gasteiger partial charge in [-0.3, -0.25) is 14.5 Å². The molecule has 0 radical (unpaired) electrons. The number of nitrogens with one attached hydrogen (secondary N) is 1. The van der Waals surface area contributed by atoms with Crippen molar-refractivity contribution < 1.29 is 19.1 Å². The van der Waals surface area contributed by atoms with Crippen molar-refractivity contribution in [3.8, 4) is 0 Å². The van der Waals surface area contributed by atoms with E-state index in [1.165, 1.54) is 4.90 Å². The van der Waals surface area contributed by atoms with E-state index in [2.05, 4.69) is 17.5 Å². The summed E-state index contributed by atoms with van der Waals surface area (Å²) in [5, 5.41) is 2.79. The number of likely N-dealkylation sites (tertiary alicyclic amines) is 1. The monoisotopic (exact) mass is 424 g/mol. The van der Waals surface area contributed by atoms with Gasteiger partial charge in [-0.15, -0.1) is 0 Å². The fourth-order valence-electron chi connectivity index (χ4n) is 5.25. The van der Waals surface area contributed by atoms with Crippen molar-refractivity contribution >= 4 is 17.9 Å². The number of alkyl carbamates (subject to hydrolysis) is 1. The molecule has 6 nitrogen and oxygen atoms in total. The first-order valence-corrected chi connectivity index (χ1v) is 11.6. The van der Waals surface area contributed by atoms with E-state index in [1.54, 1.807) is 0 Å². The predicted molar refractivity (Wildman–Crippen MR) is 117 cm³/mol. The smallest absolute Gasteiger partial charge is 0.407 e. The fraction of sp³-hybridized carbons (Fsp3) is 0.560. The summed E-state index contributed by atoms with van der Waals surface area (Å²) in [4.78, 5) is 38.5. The van der Waals surface area contributed by atoms with Crippen molar-refractivity contribution in [2.45, 2.75) is 51.6 Å². The van der Waals surface area contributed by atoms with Gasteiger partial charge in [0.1, 0.15) is 6.61 Å². The molecular formula is C25H32N2O4. The number of unbranched alkanes of at least 4 members (excludes halogenated alkanes) is 5. The van der Waals surface area contributed by atoms with Gasteiger partial charge in [-0.2, -0.15) is 0 Å². The Hall–Kier alpha value is -2.63. The summed E-state index contributed by atoms with van der Waals surface area (Å²) in [6.45, 7) is 1.47. The van der Waals surface area contributed by atoms with Crippen LogP contribution in [0, 0.1) is 23.7 Å². The molecule has 1 heterocycles. The van der Waals surface area contributed by atoms with E-state index < -0.39 is 0 Å². The number of rotatable bonds is 11. The Balaban J connectivity index is 1.01. The molecule has 31 heavy (non-hydrogen) atoms. The number of hydrogen-bond donors (Lipinski definition) is 1. The highest BCUT2D eigenvalue weighted by atomic mass is 16.5. The molecule has 2 fully saturated rings. The molecule has 3 aliphatic rings. The number of allylic oxidation sites excluding steroid dienone is 2. The molecule has 4 rings (SSSR count). The highest BCUT2D eigenvalue weighted by Crippen LogP contribution is 2.52. The van der Waals surface area contributed by atoms with Gasteiger partial charge in [0.25, 0.3) is 0 Å². The number of ether oxygens (including phenoxy) is 1. The maximum Gasteiger partial charge on any atom is 0.407 e. The maximum atomic E-state index is 12.6. The van der Waals surface area contributed by atoms with Crippen LogP contribution in [0.3, 0.4) is 0 Å². The lowest BCUT2D eigenvalue weighted by Crippen LogP contribution is -2.33. The molecule has 3 amide bonds. The van der Waals surface area contributed by atoms with Crippen LogP contribution in [-0.2, 0) is 20.9 Å². The van der Waals surface area contributed by atoms with Gasteiger partial charge in [-0.05, 0) is 36.7 Å². The van der Waals surface area contributed by atoms with E-state index >= 15 is 0 Å². The van der Waals surface area contributed by atoms with Crippen molar-refractivity contribution in [3.63, 3.8) is 0 Å². The summed E-state index contributed by atoms with van der Waals surface area (Å²) in [7, 11) is 0. The normalized spacial score (nSPS) is 25.9. The Morgan fingerprint density at radius 2 is 1.52 bits per heavy atom. The van der Waals surface area contributed by atoms with Crippen molar-refractivity contribution in [3.05, 3.63) is 48.0 Å². The number of carbonyl (C=O) groups excluding carboxylic acids is 3. The number of benzene rings is 1. The third-order valence-corrected chi connectivity index (χ3v) is 6.85. The van der Waals surface area contributed by atoms with Crippen molar-refractivity contribution in [2.75, 3.05) is 13.1 Å². The van der Waals surface area contributed by atoms with E-state index in [0.717, 1.165) is 50.5 Å². The number of imide groups is 1. The molecule has 4 atom stereocenters. The van der Waals surface area contributed by atoms with E-state index in [4.69, 9.17) is 4.74 Å². The maximum absolute atomic E-state index is 12.6. The van der Waals surface area contributed by atoms with Crippen molar-refractivity contribution in [2.24, 2.45) is 23.7 Å². The molecule has 1 aromatic rings. The minimum atomic E-state index is -0.378. The van der Waals surface area contributed by atoms with E-state index in [9.17, 15) is 14.4 Å². The lowest BCUT2D eigenvalue weighted by atomic mass is 9.85. The predicted octanol–water partition coefficient (Wildman–Crippen LogP) is 4.06. The summed E-state index contributed by atoms with van der Waals surface area (Å²) in [6, 6.07) is 9.62. The Bertz CT molecular complexity index is 792. The Morgan fingerprint density at radius 3 is 2.19 bits per heavy atom. The molecule has 1 saturated heterocycles. The number of amides is 3. The minimum absolute atomic E-state index is 0.0667. The van der Waals surface area contributed by atoms with Gasteiger partial charge in [0, 0.05) is 13.1 Å². The summed E-state index contributed by atoms with van der Waals surface area (Å²) in [5.74, 6) is 0.569. The van der Waals surface area contributed by atoms with Gasteiger partial charge >= 0.3 is 6.09 Å². The quantitative estimate of drug-likeness (QED) is 0.330. The molecule has 6 heteroatoms. The second-order valence-corrected chi connectivity index (χ2v) is 8.94. The first-order chi connectivity index (χ1) is 15.1. The molecule has 166 valence electrons. The Morgan fingerprint density at radius 1 is 0.903 bits per heavy atom. The average molecular weight is 425 g/mol. The van der Waals surface area contributed by atoms with Crippen LogP contribution in [0.4, 0.5) is 4.79 Å². The number of nitrogens with zero attached hydrogens (tertiary/aromatic N) is 1. The molecule has 0 spiro atoms. The van der Waals surface area contributed by atoms with Gasteiger partial charge in [0.05, 0.1) is 11.8 Å². The second kappa shape index (κ2) is 10.1. The SMILES string of the molecule is O=C(NCCCCCCCCN1C(=O)[C@@H]2[C@H](C1=O)[C@@H]1C=C[C@H]2C1)OCc1ccccc1. The number of fused-ring (bicyclic) bond motifs is 5. The van der Waals surface area contributed by atoms with Crippen molar-refractivity contribution in [1.82, 2.24) is 10.2 Å². The van der Waals surface area contributed by atoms with Crippen molar-refractivity contribution in [1.29, 1.82) is 0 Å². The largest absolute Gasteiger partial charge is 0.445 e. The highest BCUT2D eigenvalue weighted by molar-refractivity contribution is 6.06. The van der Waals surface area contributed by atoms with E-state index in [-0.39, 0.29) is 36.4 Å². The summed E-state index contributed by atoms with van der Waals surface area (Å²) >= 11 is 0. The Kier molecular flexibility index (Phi) is 7.05. The summed E-state index contributed by atoms with van der Waals surface area (Å²) in [5.41, 5.74) is 0.974. The standard InChI is InChI=1S/C25H32N2O4/c28-23-21-19-12-13-20(16-19)22(21)24(29)27(23)15-9-4-2-1-3-8-14-26-25(30)31-17-18-10-6-5-7-11-18/h5-7,10-13,19-22H,1-4,8-9,14-17H2,(H,26,30)/t19-,20+,21-,22+. The van der Waals surface area contributed by atoms with Crippen LogP contribution in [0.15, 0.2) is 42.5 Å². The van der Waals surface area contributed by atoms with Crippen LogP contribution in [0.5, 0.6) is 0 Å². The van der Waals surface area contributed by atoms with Gasteiger partial charge in [0.2, 0.25) is 11.8 Å². The molecule has 0 unspecified atom stereocenters. The lowest BCUT2D eigenvalue weighted by Gasteiger charge is -2.17. The first kappa shape index (κ1) is 21.6. The highest BCUT2D eigenvalue weighted by Gasteiger charge is 2.58. The van der Waals surface area contributed by atoms with Crippen LogP contribution < -0.4 is 5.32 Å². The molecule has 1 aromatic carbocycles. The molecule has 1 N–H and O–H groups in total. The third kappa shape index (κ3) is 5.00. The summed E-state index contributed by atoms with van der Waals surface area (Å²) in [6.07, 6.45) is 10.9. The minimum Gasteiger partial charge on any atom is -0.445 e. The van der Waals surface area contributed by atoms with Crippen LogP contribution in [0.25, 0.3) is 0 Å². The van der Waals surface area contributed by atoms with E-state index in [1.807, 2.05) is 30.3 Å². The summed E-state index contributed by atoms with van der Waals surface area (Å²) < 4.78 is 5.18. The fourth-order valence-corrected chi connectivity index (χ4v) is 5.25. The first-order valence-electron chi connectivity index (χ1n) is 11.6. The van der Waals surface area contributed by atoms with E-state index in [0.29, 0.717) is 24.9 Å². The number of hydrogen-bond acceptors (Lipinski definition) is 4. The molecule has 0 aromatic heterocycles. The van der Waals surface area contributed by atoms with Gasteiger partial charge in [-0.1, -0.05) is 68.2 Å². The van der Waals surface area contributed by atoms with Crippen LogP contribution >= 0.6 is 0 Å². The van der Waals surface area contributed by atoms with Gasteiger partial charge in [0.15, 0.2) is 0 Å². The van der Waals surface area contributed by atoms with Crippen LogP contribution in [0.1, 0.15) is 50.5 Å². The molecule has 1 saturated carbocycles. The zero-order valence-corrected chi connectivity index (χ0v) is 18.0. The Labute approximate surface area is 184 Å². The molecule has 2 aliphatic carbocycles. The van der Waals surface area contributed by atoms with Gasteiger partial charge < -0.3 is 10.1 Å².